The van der Waals surface area contributed by atoms with E-state index in [4.69, 9.17) is 21.7 Å². The van der Waals surface area contributed by atoms with E-state index in [9.17, 15) is 9.59 Å². The van der Waals surface area contributed by atoms with Crippen LogP contribution in [0.3, 0.4) is 0 Å². The molecule has 0 bridgehead atoms. The molecule has 2 aromatic rings. The van der Waals surface area contributed by atoms with E-state index in [-0.39, 0.29) is 24.2 Å². The first-order valence-electron chi connectivity index (χ1n) is 6.61. The molecule has 6 nitrogen and oxygen atoms in total. The molecule has 6 N–H and O–H groups in total. The van der Waals surface area contributed by atoms with E-state index < -0.39 is 11.9 Å². The zero-order valence-electron chi connectivity index (χ0n) is 11.7. The lowest BCUT2D eigenvalue weighted by atomic mass is 9.92. The molecule has 114 valence electrons. The van der Waals surface area contributed by atoms with Crippen molar-refractivity contribution in [1.29, 1.82) is 0 Å². The van der Waals surface area contributed by atoms with Crippen molar-refractivity contribution < 1.29 is 19.8 Å². The summed E-state index contributed by atoms with van der Waals surface area (Å²) < 4.78 is 0. The van der Waals surface area contributed by atoms with E-state index in [1.807, 2.05) is 0 Å². The molecule has 6 heteroatoms. The molecule has 0 saturated carbocycles. The first-order valence-corrected chi connectivity index (χ1v) is 6.61. The van der Waals surface area contributed by atoms with Gasteiger partial charge in [0.15, 0.2) is 0 Å². The molecule has 0 radical (unpaired) electrons. The minimum absolute atomic E-state index is 0.153. The number of carbonyl (C=O) groups is 2. The minimum Gasteiger partial charge on any atom is -0.478 e. The van der Waals surface area contributed by atoms with Crippen molar-refractivity contribution in [2.24, 2.45) is 11.5 Å². The van der Waals surface area contributed by atoms with Crippen LogP contribution in [0.1, 0.15) is 31.8 Å². The summed E-state index contributed by atoms with van der Waals surface area (Å²) in [5, 5.41) is 18.1. The minimum atomic E-state index is -1.03. The van der Waals surface area contributed by atoms with Crippen molar-refractivity contribution in [3.63, 3.8) is 0 Å². The van der Waals surface area contributed by atoms with Gasteiger partial charge in [0.05, 0.1) is 11.1 Å². The van der Waals surface area contributed by atoms with Gasteiger partial charge in [0.25, 0.3) is 0 Å². The fourth-order valence-corrected chi connectivity index (χ4v) is 2.32. The molecule has 0 spiro atoms. The van der Waals surface area contributed by atoms with Crippen molar-refractivity contribution in [1.82, 2.24) is 0 Å². The van der Waals surface area contributed by atoms with E-state index in [0.717, 1.165) is 11.1 Å². The van der Waals surface area contributed by atoms with Gasteiger partial charge in [-0.05, 0) is 46.5 Å². The molecule has 0 aliphatic heterocycles. The monoisotopic (exact) mass is 300 g/mol. The molecule has 22 heavy (non-hydrogen) atoms. The zero-order chi connectivity index (χ0) is 16.3. The Bertz CT molecular complexity index is 677. The molecule has 0 aliphatic rings. The van der Waals surface area contributed by atoms with Crippen LogP contribution >= 0.6 is 0 Å². The second kappa shape index (κ2) is 6.38. The average Bonchev–Trinajstić information content (AvgIpc) is 2.53. The van der Waals surface area contributed by atoms with Crippen LogP contribution in [0.4, 0.5) is 0 Å². The summed E-state index contributed by atoms with van der Waals surface area (Å²) in [5.74, 6) is -2.05. The number of benzene rings is 2. The third-order valence-corrected chi connectivity index (χ3v) is 3.43. The second-order valence-corrected chi connectivity index (χ2v) is 4.76. The third-order valence-electron chi connectivity index (χ3n) is 3.43. The van der Waals surface area contributed by atoms with Crippen LogP contribution in [-0.4, -0.2) is 22.2 Å². The Hall–Kier alpha value is -2.70. The van der Waals surface area contributed by atoms with Gasteiger partial charge in [-0.3, -0.25) is 0 Å². The van der Waals surface area contributed by atoms with E-state index in [1.54, 1.807) is 12.1 Å². The van der Waals surface area contributed by atoms with E-state index >= 15 is 0 Å². The lowest BCUT2D eigenvalue weighted by Crippen LogP contribution is -2.07. The molecule has 0 unspecified atom stereocenters. The first-order chi connectivity index (χ1) is 10.5. The lowest BCUT2D eigenvalue weighted by Gasteiger charge is -2.13. The van der Waals surface area contributed by atoms with Crippen LogP contribution in [0.15, 0.2) is 36.4 Å². The molecule has 0 amide bonds. The van der Waals surface area contributed by atoms with Gasteiger partial charge in [0.2, 0.25) is 0 Å². The second-order valence-electron chi connectivity index (χ2n) is 4.76. The van der Waals surface area contributed by atoms with Gasteiger partial charge in [-0.1, -0.05) is 12.1 Å². The highest BCUT2D eigenvalue weighted by atomic mass is 16.4. The Morgan fingerprint density at radius 1 is 0.773 bits per heavy atom. The maximum atomic E-state index is 11.0. The van der Waals surface area contributed by atoms with Gasteiger partial charge >= 0.3 is 11.9 Å². The van der Waals surface area contributed by atoms with Crippen molar-refractivity contribution in [2.45, 2.75) is 13.1 Å². The number of hydrogen-bond acceptors (Lipinski definition) is 4. The topological polar surface area (TPSA) is 127 Å². The van der Waals surface area contributed by atoms with Crippen molar-refractivity contribution in [3.8, 4) is 11.1 Å². The normalized spacial score (nSPS) is 10.5. The quantitative estimate of drug-likeness (QED) is 0.665. The van der Waals surface area contributed by atoms with Crippen molar-refractivity contribution in [3.05, 3.63) is 58.7 Å². The lowest BCUT2D eigenvalue weighted by molar-refractivity contribution is 0.0686. The van der Waals surface area contributed by atoms with Gasteiger partial charge in [0, 0.05) is 13.1 Å². The molecule has 0 atom stereocenters. The van der Waals surface area contributed by atoms with E-state index in [2.05, 4.69) is 0 Å². The summed E-state index contributed by atoms with van der Waals surface area (Å²) in [6.07, 6.45) is 0. The van der Waals surface area contributed by atoms with Crippen LogP contribution in [0.25, 0.3) is 11.1 Å². The Balaban J connectivity index is 2.60. The summed E-state index contributed by atoms with van der Waals surface area (Å²) in [6, 6.07) is 9.35. The molecular formula is C16H16N2O4. The highest BCUT2D eigenvalue weighted by Crippen LogP contribution is 2.29. The number of rotatable bonds is 5. The zero-order valence-corrected chi connectivity index (χ0v) is 11.7. The molecule has 0 aliphatic carbocycles. The van der Waals surface area contributed by atoms with Crippen molar-refractivity contribution in [2.75, 3.05) is 0 Å². The van der Waals surface area contributed by atoms with Crippen LogP contribution in [0.5, 0.6) is 0 Å². The molecular weight excluding hydrogens is 284 g/mol. The van der Waals surface area contributed by atoms with Gasteiger partial charge in [0.1, 0.15) is 0 Å². The predicted molar refractivity (Wildman–Crippen MR) is 81.6 cm³/mol. The number of hydrogen-bond donors (Lipinski definition) is 4. The maximum Gasteiger partial charge on any atom is 0.335 e. The molecule has 0 saturated heterocycles. The SMILES string of the molecule is NCc1cc(C(=O)O)ccc1-c1ccc(C(=O)O)cc1CN. The Morgan fingerprint density at radius 2 is 1.14 bits per heavy atom. The van der Waals surface area contributed by atoms with Gasteiger partial charge in [-0.15, -0.1) is 0 Å². The highest BCUT2D eigenvalue weighted by Gasteiger charge is 2.13. The number of carboxylic acid groups (broad SMARTS) is 2. The maximum absolute atomic E-state index is 11.0. The first kappa shape index (κ1) is 15.7. The molecule has 2 rings (SSSR count). The Labute approximate surface area is 127 Å². The fourth-order valence-electron chi connectivity index (χ4n) is 2.32. The van der Waals surface area contributed by atoms with Crippen molar-refractivity contribution >= 4 is 11.9 Å². The van der Waals surface area contributed by atoms with Crippen LogP contribution in [0.2, 0.25) is 0 Å². The third kappa shape index (κ3) is 2.98. The Kier molecular flexibility index (Phi) is 4.55. The highest BCUT2D eigenvalue weighted by molar-refractivity contribution is 5.91. The summed E-state index contributed by atoms with van der Waals surface area (Å²) >= 11 is 0. The summed E-state index contributed by atoms with van der Waals surface area (Å²) in [7, 11) is 0. The van der Waals surface area contributed by atoms with E-state index in [0.29, 0.717) is 11.1 Å². The summed E-state index contributed by atoms with van der Waals surface area (Å²) in [6.45, 7) is 0.336. The smallest absolute Gasteiger partial charge is 0.335 e. The Morgan fingerprint density at radius 3 is 1.41 bits per heavy atom. The summed E-state index contributed by atoms with van der Waals surface area (Å²) in [4.78, 5) is 22.1. The average molecular weight is 300 g/mol. The van der Waals surface area contributed by atoms with Crippen LogP contribution in [0, 0.1) is 0 Å². The number of aromatic carboxylic acids is 2. The van der Waals surface area contributed by atoms with Gasteiger partial charge < -0.3 is 21.7 Å². The largest absolute Gasteiger partial charge is 0.478 e. The predicted octanol–water partition coefficient (Wildman–Crippen LogP) is 1.67. The van der Waals surface area contributed by atoms with Gasteiger partial charge in [-0.25, -0.2) is 9.59 Å². The number of nitrogens with two attached hydrogens (primary N) is 2. The fraction of sp³-hybridized carbons (Fsp3) is 0.125. The number of carboxylic acids is 2. The van der Waals surface area contributed by atoms with Crippen LogP contribution < -0.4 is 11.5 Å². The van der Waals surface area contributed by atoms with E-state index in [1.165, 1.54) is 24.3 Å². The molecule has 0 fully saturated rings. The summed E-state index contributed by atoms with van der Waals surface area (Å²) in [5.41, 5.74) is 14.6. The van der Waals surface area contributed by atoms with Gasteiger partial charge in [-0.2, -0.15) is 0 Å². The molecule has 0 heterocycles. The molecule has 0 aromatic heterocycles. The standard InChI is InChI=1S/C16H16N2O4/c17-7-11-5-9(15(19)20)1-3-13(11)14-4-2-10(16(21)22)6-12(14)8-18/h1-6H,7-8,17-18H2,(H,19,20)(H,21,22). The van der Waals surface area contributed by atoms with Crippen LogP contribution in [-0.2, 0) is 13.1 Å². The molecule has 2 aromatic carbocycles.